The highest BCUT2D eigenvalue weighted by Crippen LogP contribution is 2.28. The van der Waals surface area contributed by atoms with Gasteiger partial charge < -0.3 is 119 Å². The van der Waals surface area contributed by atoms with Gasteiger partial charge in [-0.3, -0.25) is 81.5 Å². The highest BCUT2D eigenvalue weighted by Gasteiger charge is 2.47. The monoisotopic (exact) mass is 1870 g/mol. The van der Waals surface area contributed by atoms with Crippen molar-refractivity contribution in [2.75, 3.05) is 78.5 Å². The van der Waals surface area contributed by atoms with Crippen molar-refractivity contribution in [1.82, 2.24) is 92.5 Å². The van der Waals surface area contributed by atoms with Crippen molar-refractivity contribution in [2.45, 2.75) is 248 Å². The lowest BCUT2D eigenvalue weighted by molar-refractivity contribution is -0.149. The Labute approximate surface area is 777 Å². The first-order valence-corrected chi connectivity index (χ1v) is 46.9. The number of benzene rings is 3. The van der Waals surface area contributed by atoms with Crippen LogP contribution in [0.1, 0.15) is 155 Å². The minimum atomic E-state index is -1.76. The molecule has 4 aliphatic heterocycles. The quantitative estimate of drug-likeness (QED) is 0.0394. The number of amides is 17. The van der Waals surface area contributed by atoms with Gasteiger partial charge in [0.15, 0.2) is 0 Å². The number of likely N-dealkylation sites (tertiary alicyclic amines) is 1. The number of rotatable bonds is 22. The van der Waals surface area contributed by atoms with E-state index in [4.69, 9.17) is 11.5 Å². The van der Waals surface area contributed by atoms with Crippen molar-refractivity contribution >= 4 is 134 Å². The molecule has 19 N–H and O–H groups in total. The Morgan fingerprint density at radius 2 is 1.05 bits per heavy atom. The maximum Gasteiger partial charge on any atom is 0.246 e. The van der Waals surface area contributed by atoms with Gasteiger partial charge in [-0.25, -0.2) is 0 Å². The number of nitrogens with two attached hydrogens (primary N) is 2. The molecule has 4 aliphatic rings. The summed E-state index contributed by atoms with van der Waals surface area (Å²) in [4.78, 5) is 263. The number of phenolic OH excluding ortho intramolecular Hbond substituents is 1. The number of piperidine rings is 1. The summed E-state index contributed by atoms with van der Waals surface area (Å²) < 4.78 is 0. The van der Waals surface area contributed by atoms with Gasteiger partial charge in [-0.05, 0) is 111 Å². The highest BCUT2D eigenvalue weighted by atomic mass is 32.2. The lowest BCUT2D eigenvalue weighted by atomic mass is 9.99. The molecule has 3 aromatic carbocycles. The second-order valence-electron chi connectivity index (χ2n) is 35.8. The average molecular weight is 1870 g/mol. The van der Waals surface area contributed by atoms with Crippen molar-refractivity contribution in [3.8, 4) is 5.75 Å². The molecule has 0 aliphatic carbocycles. The van der Waals surface area contributed by atoms with Gasteiger partial charge in [-0.15, -0.1) is 11.8 Å². The van der Waals surface area contributed by atoms with E-state index in [-0.39, 0.29) is 107 Å². The molecule has 41 heteroatoms. The Balaban J connectivity index is 1.07. The first-order valence-electron chi connectivity index (χ1n) is 45.7. The summed E-state index contributed by atoms with van der Waals surface area (Å²) in [5, 5.41) is 60.0. The van der Waals surface area contributed by atoms with Crippen LogP contribution < -0.4 is 64.6 Å². The number of thioether (sulfide) groups is 1. The van der Waals surface area contributed by atoms with Crippen LogP contribution in [0.2, 0.25) is 0 Å². The van der Waals surface area contributed by atoms with E-state index < -0.39 is 230 Å². The van der Waals surface area contributed by atoms with Crippen LogP contribution in [0, 0.1) is 11.8 Å². The molecule has 17 amide bonds. The first-order chi connectivity index (χ1) is 63.3. The fourth-order valence-electron chi connectivity index (χ4n) is 17.1. The molecule has 4 saturated heterocycles. The molecular formula is C92H132N20O20S. The van der Waals surface area contributed by atoms with Crippen LogP contribution >= 0.6 is 11.8 Å². The predicted molar refractivity (Wildman–Crippen MR) is 493 cm³/mol. The Morgan fingerprint density at radius 1 is 0.526 bits per heavy atom. The molecule has 9 rings (SSSR count). The summed E-state index contributed by atoms with van der Waals surface area (Å²) in [7, 11) is 4.04. The van der Waals surface area contributed by atoms with Crippen molar-refractivity contribution in [3.63, 3.8) is 0 Å². The van der Waals surface area contributed by atoms with Gasteiger partial charge in [0.05, 0.1) is 37.5 Å². The number of hydrogen-bond acceptors (Lipinski definition) is 22. The maximum atomic E-state index is 15.6. The van der Waals surface area contributed by atoms with Crippen LogP contribution in [0.3, 0.4) is 0 Å². The summed E-state index contributed by atoms with van der Waals surface area (Å²) >= 11 is 0.826. The zero-order valence-electron chi connectivity index (χ0n) is 77.3. The number of aliphatic hydroxyl groups excluding tert-OH is 2. The number of likely N-dealkylation sites (N-methyl/N-ethyl adjacent to an activating group) is 3. The molecule has 133 heavy (non-hydrogen) atoms. The van der Waals surface area contributed by atoms with Crippen molar-refractivity contribution in [3.05, 3.63) is 102 Å². The molecule has 40 nitrogen and oxygen atoms in total. The number of hydrogen-bond donors (Lipinski definition) is 17. The number of nitrogens with one attached hydrogen (secondary N) is 12. The number of fused-ring (bicyclic) bond motifs is 4. The third-order valence-electron chi connectivity index (χ3n) is 24.7. The number of aromatic hydroxyl groups is 1. The van der Waals surface area contributed by atoms with E-state index in [1.54, 1.807) is 76.5 Å². The zero-order chi connectivity index (χ0) is 97.2. The Hall–Kier alpha value is -12.2. The number of aliphatic hydroxyl groups is 2. The summed E-state index contributed by atoms with van der Waals surface area (Å²) in [6, 6.07) is 0.880. The smallest absolute Gasteiger partial charge is 0.246 e. The number of phenols is 1. The Kier molecular flexibility index (Phi) is 38.9. The first kappa shape index (κ1) is 104. The third-order valence-corrected chi connectivity index (χ3v) is 25.8. The van der Waals surface area contributed by atoms with E-state index in [0.29, 0.717) is 77.0 Å². The van der Waals surface area contributed by atoms with Crippen LogP contribution in [0.4, 0.5) is 0 Å². The molecule has 0 spiro atoms. The zero-order valence-corrected chi connectivity index (χ0v) is 78.1. The van der Waals surface area contributed by atoms with Crippen molar-refractivity contribution in [2.24, 2.45) is 23.3 Å². The number of H-pyrrole nitrogens is 2. The minimum absolute atomic E-state index is 0.000145. The largest absolute Gasteiger partial charge is 0.508 e. The molecule has 14 atom stereocenters. The van der Waals surface area contributed by atoms with Crippen LogP contribution in [-0.4, -0.2) is 324 Å². The van der Waals surface area contributed by atoms with E-state index in [2.05, 4.69) is 63.1 Å². The molecule has 0 bridgehead atoms. The summed E-state index contributed by atoms with van der Waals surface area (Å²) in [6.07, 6.45) is 2.25. The average Bonchev–Trinajstić information content (AvgIpc) is 1.72. The molecule has 1 unspecified atom stereocenters. The number of carbonyl (C=O) groups is 17. The van der Waals surface area contributed by atoms with Gasteiger partial charge in [0, 0.05) is 120 Å². The Bertz CT molecular complexity index is 4960. The van der Waals surface area contributed by atoms with Gasteiger partial charge >= 0.3 is 0 Å². The summed E-state index contributed by atoms with van der Waals surface area (Å²) in [5.74, 6) is -16.2. The van der Waals surface area contributed by atoms with E-state index in [0.717, 1.165) is 26.5 Å². The van der Waals surface area contributed by atoms with Gasteiger partial charge in [0.25, 0.3) is 0 Å². The lowest BCUT2D eigenvalue weighted by Gasteiger charge is -2.36. The van der Waals surface area contributed by atoms with Crippen molar-refractivity contribution < 1.29 is 96.8 Å². The molecule has 726 valence electrons. The number of carbonyl (C=O) groups excluding carboxylic acids is 17. The number of aromatic nitrogens is 2. The Morgan fingerprint density at radius 3 is 1.66 bits per heavy atom. The molecule has 2 aromatic heterocycles. The van der Waals surface area contributed by atoms with Crippen LogP contribution in [0.25, 0.3) is 21.8 Å². The summed E-state index contributed by atoms with van der Waals surface area (Å²) in [6.45, 7) is 10.1. The fraction of sp³-hybridized carbons (Fsp3) is 0.576. The lowest BCUT2D eigenvalue weighted by Crippen LogP contribution is -2.61. The molecule has 0 saturated carbocycles. The van der Waals surface area contributed by atoms with E-state index in [9.17, 15) is 68.1 Å². The fourth-order valence-corrected chi connectivity index (χ4v) is 18.0. The standard InChI is InChI=1S/C92H132N20O20S/c1-11-13-24-72-85(125)101-64(36-51(3)4)83(123)106-71(82(122)98-47-79(119)110-34-31-58(114)32-35-110)49-133-50-78(118)100-67(38-54-27-29-57(113)30-28-54)88(128)107(8)53(7)80(120)103-69(42-76(94)116)90(130)111-33-19-26-73(111)86(126)105-70(43-93)84(124)104-66(37-52(5)6)91(131)112-48-59(115)41-75(112)87(127)102-65(39-55-44-95-62-22-17-15-20-60(55)62)81(121)97-46-77(117)99-68(40-56-45-96-63-23-18-16-21-61(56)63)89(129)109(10)74(25-14-12-2)92(132)108(72)9/h15-18,20-23,27-30,44-45,51-53,58-59,64-75,95-96,113-115H,11-14,19,24-26,31-43,46-50,93H2,1-10H3,(H2,94,116)(H,97,121)(H,98,122)(H,99,117)(H,100,118)(H,101,125)(H,102,127)(H,103,120)(H,104,124)(H,105,126)(H,106,123)/t53-,59+,64-,65-,66-,67-,68?,69-,70-,71-,72-,73-,74-,75-/m0/s1. The van der Waals surface area contributed by atoms with Crippen LogP contribution in [-0.2, 0) is 101 Å². The number of unbranched alkanes of at least 4 members (excludes halogenated alkanes) is 2. The predicted octanol–water partition coefficient (Wildman–Crippen LogP) is -1.02. The highest BCUT2D eigenvalue weighted by molar-refractivity contribution is 8.00. The molecule has 6 heterocycles. The third kappa shape index (κ3) is 28.9. The maximum absolute atomic E-state index is 15.6. The van der Waals surface area contributed by atoms with Gasteiger partial charge in [-0.2, -0.15) is 0 Å². The van der Waals surface area contributed by atoms with Gasteiger partial charge in [0.1, 0.15) is 84.3 Å². The van der Waals surface area contributed by atoms with E-state index in [1.807, 2.05) is 26.0 Å². The van der Waals surface area contributed by atoms with Crippen LogP contribution in [0.15, 0.2) is 85.2 Å². The second-order valence-corrected chi connectivity index (χ2v) is 36.8. The van der Waals surface area contributed by atoms with E-state index in [1.165, 1.54) is 67.0 Å². The normalized spacial score (nSPS) is 25.4. The molecular weight excluding hydrogens is 1740 g/mol. The topological polar surface area (TPSA) is 574 Å². The second kappa shape index (κ2) is 49.5. The molecule has 4 fully saturated rings. The molecule has 0 radical (unpaired) electrons. The van der Waals surface area contributed by atoms with Crippen LogP contribution in [0.5, 0.6) is 5.75 Å². The van der Waals surface area contributed by atoms with Gasteiger partial charge in [-0.1, -0.05) is 116 Å². The summed E-state index contributed by atoms with van der Waals surface area (Å²) in [5.41, 5.74) is 14.8. The SMILES string of the molecule is CCCC[C@H]1C(=O)N(C)[C@@H](CCCC)C(=O)N[C@@H](CC(C)C)C(=O)N[C@H](C(=O)NCC(=O)N2CCC(O)CC2)CSCC(=O)N[C@@H](Cc2ccc(O)cc2)C(=O)N(C)[C@@H](C)C(=O)N[C@@H](CC(N)=O)C(=O)N2CCC[C@H]2C(=O)N[C@@H](CN)C(=O)N[C@@H](CC(C)C)C(=O)N2C[C@H](O)C[C@H]2C(=O)N[C@@H](Cc2c[nH]c3ccccc23)C(=O)NCC(=O)NC(Cc2c[nH]c3ccccc23)C(=O)N1C. The molecule has 5 aromatic rings. The van der Waals surface area contributed by atoms with E-state index >= 15 is 28.8 Å². The minimum Gasteiger partial charge on any atom is -0.508 e. The van der Waals surface area contributed by atoms with Crippen molar-refractivity contribution in [1.29, 1.82) is 0 Å². The number of aromatic amines is 2. The number of nitrogens with zero attached hydrogens (tertiary/aromatic N) is 6. The van der Waals surface area contributed by atoms with Gasteiger partial charge in [0.2, 0.25) is 100 Å². The number of primary amides is 1. The number of para-hydroxylation sites is 2.